The number of carbonyl (C=O) groups is 1. The molecule has 0 fully saturated rings. The van der Waals surface area contributed by atoms with Gasteiger partial charge in [-0.1, -0.05) is 0 Å². The number of rotatable bonds is 6. The highest BCUT2D eigenvalue weighted by Crippen LogP contribution is 2.17. The highest BCUT2D eigenvalue weighted by Gasteiger charge is 2.17. The highest BCUT2D eigenvalue weighted by molar-refractivity contribution is 5.92. The molecule has 1 heterocycles. The van der Waals surface area contributed by atoms with Gasteiger partial charge in [-0.05, 0) is 13.0 Å². The van der Waals surface area contributed by atoms with E-state index >= 15 is 0 Å². The summed E-state index contributed by atoms with van der Waals surface area (Å²) < 4.78 is 38.4. The summed E-state index contributed by atoms with van der Waals surface area (Å²) in [4.78, 5) is 23.2. The molecule has 6 nitrogen and oxygen atoms in total. The molecule has 124 valence electrons. The number of fused-ring (bicyclic) bond motifs is 1. The number of halogens is 2. The lowest BCUT2D eigenvalue weighted by molar-refractivity contribution is -0.112. The Morgan fingerprint density at radius 3 is 2.61 bits per heavy atom. The maximum absolute atomic E-state index is 13.5. The minimum Gasteiger partial charge on any atom is -0.477 e. The van der Waals surface area contributed by atoms with Crippen LogP contribution in [0.1, 0.15) is 17.3 Å². The van der Waals surface area contributed by atoms with Gasteiger partial charge < -0.3 is 19.1 Å². The number of pyridine rings is 1. The van der Waals surface area contributed by atoms with Crippen LogP contribution < -0.4 is 5.43 Å². The van der Waals surface area contributed by atoms with Crippen molar-refractivity contribution in [1.82, 2.24) is 4.57 Å². The minimum atomic E-state index is -1.44. The van der Waals surface area contributed by atoms with Gasteiger partial charge in [0, 0.05) is 31.3 Å². The molecule has 2 aromatic rings. The molecule has 1 unspecified atom stereocenters. The zero-order valence-electron chi connectivity index (χ0n) is 12.5. The Labute approximate surface area is 129 Å². The van der Waals surface area contributed by atoms with E-state index in [1.165, 1.54) is 11.7 Å². The van der Waals surface area contributed by atoms with Crippen LogP contribution in [0.25, 0.3) is 10.9 Å². The van der Waals surface area contributed by atoms with Crippen LogP contribution in [0.5, 0.6) is 0 Å². The first kappa shape index (κ1) is 17.0. The van der Waals surface area contributed by atoms with Gasteiger partial charge in [0.2, 0.25) is 5.43 Å². The van der Waals surface area contributed by atoms with E-state index in [9.17, 15) is 18.4 Å². The third kappa shape index (κ3) is 3.54. The molecule has 0 saturated heterocycles. The Balaban J connectivity index is 2.53. The van der Waals surface area contributed by atoms with Gasteiger partial charge in [-0.25, -0.2) is 13.6 Å². The number of aromatic nitrogens is 1. The lowest BCUT2D eigenvalue weighted by atomic mass is 10.1. The summed E-state index contributed by atoms with van der Waals surface area (Å²) in [5.41, 5.74) is -1.30. The quantitative estimate of drug-likeness (QED) is 0.821. The zero-order valence-corrected chi connectivity index (χ0v) is 12.5. The molecule has 8 heteroatoms. The number of ether oxygens (including phenoxy) is 2. The Kier molecular flexibility index (Phi) is 5.07. The van der Waals surface area contributed by atoms with E-state index in [-0.39, 0.29) is 24.1 Å². The summed E-state index contributed by atoms with van der Waals surface area (Å²) in [6.07, 6.45) is 0.610. The van der Waals surface area contributed by atoms with Crippen molar-refractivity contribution in [2.75, 3.05) is 13.7 Å². The van der Waals surface area contributed by atoms with Crippen molar-refractivity contribution in [3.05, 3.63) is 45.8 Å². The van der Waals surface area contributed by atoms with Crippen molar-refractivity contribution in [2.45, 2.75) is 19.8 Å². The van der Waals surface area contributed by atoms with Crippen LogP contribution in [-0.4, -0.2) is 35.6 Å². The Bertz CT molecular complexity index is 803. The fraction of sp³-hybridized carbons (Fsp3) is 0.333. The molecule has 0 spiro atoms. The van der Waals surface area contributed by atoms with Gasteiger partial charge in [0.25, 0.3) is 0 Å². The Morgan fingerprint density at radius 2 is 2.00 bits per heavy atom. The summed E-state index contributed by atoms with van der Waals surface area (Å²) in [7, 11) is 1.46. The van der Waals surface area contributed by atoms with Gasteiger partial charge in [-0.15, -0.1) is 0 Å². The Hall–Kier alpha value is -2.32. The first-order valence-corrected chi connectivity index (χ1v) is 6.75. The fourth-order valence-electron chi connectivity index (χ4n) is 2.11. The van der Waals surface area contributed by atoms with Crippen molar-refractivity contribution >= 4 is 16.9 Å². The number of hydrogen-bond acceptors (Lipinski definition) is 4. The van der Waals surface area contributed by atoms with Crippen molar-refractivity contribution in [3.8, 4) is 0 Å². The summed E-state index contributed by atoms with van der Waals surface area (Å²) in [6, 6.07) is 1.56. The van der Waals surface area contributed by atoms with Crippen molar-refractivity contribution in [1.29, 1.82) is 0 Å². The number of carboxylic acid groups (broad SMARTS) is 1. The van der Waals surface area contributed by atoms with E-state index in [0.29, 0.717) is 6.07 Å². The van der Waals surface area contributed by atoms with Crippen LogP contribution in [0, 0.1) is 11.6 Å². The highest BCUT2D eigenvalue weighted by atomic mass is 19.2. The van der Waals surface area contributed by atoms with Gasteiger partial charge >= 0.3 is 5.97 Å². The average Bonchev–Trinajstić information content (AvgIpc) is 2.50. The predicted molar refractivity (Wildman–Crippen MR) is 77.5 cm³/mol. The summed E-state index contributed by atoms with van der Waals surface area (Å²) in [5.74, 6) is -3.78. The Morgan fingerprint density at radius 1 is 1.35 bits per heavy atom. The van der Waals surface area contributed by atoms with Crippen molar-refractivity contribution < 1.29 is 28.2 Å². The van der Waals surface area contributed by atoms with Crippen LogP contribution in [0.4, 0.5) is 8.78 Å². The molecule has 1 atom stereocenters. The second-order valence-electron chi connectivity index (χ2n) is 4.83. The van der Waals surface area contributed by atoms with E-state index in [4.69, 9.17) is 14.6 Å². The lowest BCUT2D eigenvalue weighted by Crippen LogP contribution is -2.21. The minimum absolute atomic E-state index is 0.0903. The molecule has 0 saturated carbocycles. The smallest absolute Gasteiger partial charge is 0.341 e. The molecule has 1 aromatic carbocycles. The van der Waals surface area contributed by atoms with Crippen LogP contribution in [0.2, 0.25) is 0 Å². The predicted octanol–water partition coefficient (Wildman–Crippen LogP) is 1.99. The number of benzene rings is 1. The molecule has 0 radical (unpaired) electrons. The molecular weight excluding hydrogens is 312 g/mol. The average molecular weight is 327 g/mol. The third-order valence-electron chi connectivity index (χ3n) is 3.37. The van der Waals surface area contributed by atoms with E-state index < -0.39 is 34.9 Å². The standard InChI is InChI=1S/C15H15F2NO5/c1-8(22-2)23-4-3-18-7-10(15(20)21)14(19)9-5-11(16)12(17)6-13(9)18/h5-8H,3-4H2,1-2H3,(H,20,21). The van der Waals surface area contributed by atoms with Crippen LogP contribution in [0.15, 0.2) is 23.1 Å². The molecule has 0 aliphatic carbocycles. The summed E-state index contributed by atoms with van der Waals surface area (Å²) in [5, 5.41) is 8.89. The first-order valence-electron chi connectivity index (χ1n) is 6.75. The normalized spacial score (nSPS) is 12.5. The molecule has 0 amide bonds. The molecular formula is C15H15F2NO5. The molecule has 23 heavy (non-hydrogen) atoms. The van der Waals surface area contributed by atoms with Gasteiger partial charge in [-0.2, -0.15) is 0 Å². The van der Waals surface area contributed by atoms with E-state index in [1.807, 2.05) is 0 Å². The number of carboxylic acids is 1. The maximum Gasteiger partial charge on any atom is 0.341 e. The largest absolute Gasteiger partial charge is 0.477 e. The van der Waals surface area contributed by atoms with Crippen molar-refractivity contribution in [3.63, 3.8) is 0 Å². The zero-order chi connectivity index (χ0) is 17.1. The fourth-order valence-corrected chi connectivity index (χ4v) is 2.11. The second-order valence-corrected chi connectivity index (χ2v) is 4.83. The monoisotopic (exact) mass is 327 g/mol. The topological polar surface area (TPSA) is 77.8 Å². The van der Waals surface area contributed by atoms with E-state index in [0.717, 1.165) is 12.3 Å². The van der Waals surface area contributed by atoms with Gasteiger partial charge in [-0.3, -0.25) is 4.79 Å². The molecule has 0 aliphatic heterocycles. The number of hydrogen-bond donors (Lipinski definition) is 1. The van der Waals surface area contributed by atoms with Gasteiger partial charge in [0.1, 0.15) is 5.56 Å². The molecule has 0 bridgehead atoms. The number of methoxy groups -OCH3 is 1. The van der Waals surface area contributed by atoms with Gasteiger partial charge in [0.05, 0.1) is 12.1 Å². The summed E-state index contributed by atoms with van der Waals surface area (Å²) in [6.45, 7) is 1.93. The van der Waals surface area contributed by atoms with Crippen molar-refractivity contribution in [2.24, 2.45) is 0 Å². The molecule has 1 N–H and O–H groups in total. The SMILES string of the molecule is COC(C)OCCn1cc(C(=O)O)c(=O)c2cc(F)c(F)cc21. The number of aromatic carboxylic acids is 1. The molecule has 1 aromatic heterocycles. The first-order chi connectivity index (χ1) is 10.8. The van der Waals surface area contributed by atoms with Crippen LogP contribution in [-0.2, 0) is 16.0 Å². The molecule has 0 aliphatic rings. The number of nitrogens with zero attached hydrogens (tertiary/aromatic N) is 1. The van der Waals surface area contributed by atoms with E-state index in [2.05, 4.69) is 0 Å². The third-order valence-corrected chi connectivity index (χ3v) is 3.37. The van der Waals surface area contributed by atoms with E-state index in [1.54, 1.807) is 6.92 Å². The maximum atomic E-state index is 13.5. The van der Waals surface area contributed by atoms with Crippen LogP contribution >= 0.6 is 0 Å². The lowest BCUT2D eigenvalue weighted by Gasteiger charge is -2.15. The summed E-state index contributed by atoms with van der Waals surface area (Å²) >= 11 is 0. The second kappa shape index (κ2) is 6.84. The van der Waals surface area contributed by atoms with Gasteiger partial charge in [0.15, 0.2) is 17.9 Å². The van der Waals surface area contributed by atoms with Crippen LogP contribution in [0.3, 0.4) is 0 Å². The molecule has 2 rings (SSSR count).